The van der Waals surface area contributed by atoms with Crippen LogP contribution in [0, 0.1) is 6.07 Å². The first-order chi connectivity index (χ1) is 5.47. The predicted octanol–water partition coefficient (Wildman–Crippen LogP) is 1.91. The van der Waals surface area contributed by atoms with Gasteiger partial charge in [-0.1, -0.05) is 18.2 Å². The van der Waals surface area contributed by atoms with Gasteiger partial charge < -0.3 is 5.32 Å². The maximum atomic E-state index is 3.45. The minimum atomic E-state index is 0.590. The lowest BCUT2D eigenvalue weighted by Crippen LogP contribution is -2.12. The van der Waals surface area contributed by atoms with Crippen LogP contribution in [-0.4, -0.2) is 6.54 Å². The van der Waals surface area contributed by atoms with Gasteiger partial charge in [-0.2, -0.15) is 0 Å². The van der Waals surface area contributed by atoms with Crippen LogP contribution >= 0.6 is 0 Å². The molecule has 11 heavy (non-hydrogen) atoms. The van der Waals surface area contributed by atoms with Crippen molar-refractivity contribution in [3.63, 3.8) is 0 Å². The van der Waals surface area contributed by atoms with Crippen LogP contribution in [0.3, 0.4) is 0 Å². The molecule has 1 fully saturated rings. The first-order valence-electron chi connectivity index (χ1n) is 4.16. The van der Waals surface area contributed by atoms with E-state index >= 15 is 0 Å². The van der Waals surface area contributed by atoms with E-state index in [-0.39, 0.29) is 0 Å². The minimum absolute atomic E-state index is 0.590. The van der Waals surface area contributed by atoms with Gasteiger partial charge in [0.25, 0.3) is 0 Å². The van der Waals surface area contributed by atoms with E-state index < -0.39 is 0 Å². The van der Waals surface area contributed by atoms with E-state index in [2.05, 4.69) is 29.6 Å². The molecule has 1 aliphatic heterocycles. The standard InChI is InChI=1S/C10H12N/c1-2-5-9(6-3-1)10-7-4-8-11-10/h1-2,5-6,10-11H,4,7-8H2/t10-/m1/s1. The highest BCUT2D eigenvalue weighted by molar-refractivity contribution is 5.18. The van der Waals surface area contributed by atoms with Crippen molar-refractivity contribution in [2.45, 2.75) is 18.9 Å². The molecule has 0 unspecified atom stereocenters. The molecule has 0 spiro atoms. The third-order valence-electron chi connectivity index (χ3n) is 2.19. The average molecular weight is 146 g/mol. The molecule has 1 heteroatoms. The summed E-state index contributed by atoms with van der Waals surface area (Å²) < 4.78 is 0. The molecule has 1 N–H and O–H groups in total. The fourth-order valence-electron chi connectivity index (χ4n) is 1.59. The number of hydrogen-bond donors (Lipinski definition) is 1. The predicted molar refractivity (Wildman–Crippen MR) is 45.3 cm³/mol. The molecule has 1 radical (unpaired) electrons. The van der Waals surface area contributed by atoms with E-state index in [1.807, 2.05) is 6.07 Å². The van der Waals surface area contributed by atoms with Gasteiger partial charge in [0.05, 0.1) is 0 Å². The van der Waals surface area contributed by atoms with Gasteiger partial charge in [0.15, 0.2) is 0 Å². The molecule has 0 saturated carbocycles. The van der Waals surface area contributed by atoms with Crippen LogP contribution in [0.1, 0.15) is 24.4 Å². The van der Waals surface area contributed by atoms with Gasteiger partial charge in [-0.15, -0.1) is 0 Å². The third kappa shape index (κ3) is 1.43. The van der Waals surface area contributed by atoms with E-state index in [0.29, 0.717) is 6.04 Å². The molecule has 0 aliphatic carbocycles. The van der Waals surface area contributed by atoms with Gasteiger partial charge in [0.1, 0.15) is 0 Å². The highest BCUT2D eigenvalue weighted by Crippen LogP contribution is 2.21. The first kappa shape index (κ1) is 6.86. The Labute approximate surface area is 67.4 Å². The summed E-state index contributed by atoms with van der Waals surface area (Å²) in [5.74, 6) is 0. The molecule has 57 valence electrons. The summed E-state index contributed by atoms with van der Waals surface area (Å²) in [6.07, 6.45) is 2.58. The lowest BCUT2D eigenvalue weighted by molar-refractivity contribution is 0.648. The van der Waals surface area contributed by atoms with Gasteiger partial charge in [0, 0.05) is 6.04 Å². The monoisotopic (exact) mass is 146 g/mol. The van der Waals surface area contributed by atoms with Crippen LogP contribution in [0.2, 0.25) is 0 Å². The fourth-order valence-corrected chi connectivity index (χ4v) is 1.59. The normalized spacial score (nSPS) is 23.8. The molecular weight excluding hydrogens is 134 g/mol. The van der Waals surface area contributed by atoms with Crippen LogP contribution in [-0.2, 0) is 0 Å². The summed E-state index contributed by atoms with van der Waals surface area (Å²) in [6, 6.07) is 11.9. The van der Waals surface area contributed by atoms with Gasteiger partial charge >= 0.3 is 0 Å². The van der Waals surface area contributed by atoms with E-state index in [0.717, 1.165) is 0 Å². The Kier molecular flexibility index (Phi) is 1.91. The first-order valence-corrected chi connectivity index (χ1v) is 4.16. The van der Waals surface area contributed by atoms with Crippen molar-refractivity contribution in [3.05, 3.63) is 35.9 Å². The number of nitrogens with one attached hydrogen (secondary N) is 1. The van der Waals surface area contributed by atoms with Crippen molar-refractivity contribution in [2.24, 2.45) is 0 Å². The molecule has 2 rings (SSSR count). The van der Waals surface area contributed by atoms with Gasteiger partial charge in [-0.3, -0.25) is 0 Å². The molecular formula is C10H12N. The molecule has 1 heterocycles. The Hall–Kier alpha value is -0.820. The van der Waals surface area contributed by atoms with Gasteiger partial charge in [-0.25, -0.2) is 0 Å². The molecule has 1 nitrogen and oxygen atoms in total. The average Bonchev–Trinajstić information content (AvgIpc) is 2.58. The second-order valence-corrected chi connectivity index (χ2v) is 2.99. The lowest BCUT2D eigenvalue weighted by atomic mass is 10.1. The van der Waals surface area contributed by atoms with Crippen LogP contribution in [0.15, 0.2) is 24.3 Å². The summed E-state index contributed by atoms with van der Waals surface area (Å²) in [4.78, 5) is 0. The molecule has 1 aliphatic rings. The topological polar surface area (TPSA) is 12.0 Å². The van der Waals surface area contributed by atoms with Crippen LogP contribution in [0.5, 0.6) is 0 Å². The quantitative estimate of drug-likeness (QED) is 0.638. The van der Waals surface area contributed by atoms with E-state index in [9.17, 15) is 0 Å². The zero-order valence-corrected chi connectivity index (χ0v) is 6.51. The number of hydrogen-bond acceptors (Lipinski definition) is 1. The Bertz CT molecular complexity index is 212. The Morgan fingerprint density at radius 3 is 3.18 bits per heavy atom. The Morgan fingerprint density at radius 2 is 2.55 bits per heavy atom. The molecule has 1 atom stereocenters. The maximum Gasteiger partial charge on any atom is 0.0320 e. The van der Waals surface area contributed by atoms with Crippen molar-refractivity contribution >= 4 is 0 Å². The highest BCUT2D eigenvalue weighted by atomic mass is 14.9. The third-order valence-corrected chi connectivity index (χ3v) is 2.19. The SMILES string of the molecule is [c]1cccc([C@H]2CCCN2)c1. The zero-order valence-electron chi connectivity index (χ0n) is 6.51. The fraction of sp³-hybridized carbons (Fsp3) is 0.400. The van der Waals surface area contributed by atoms with Crippen molar-refractivity contribution in [3.8, 4) is 0 Å². The summed E-state index contributed by atoms with van der Waals surface area (Å²) >= 11 is 0. The minimum Gasteiger partial charge on any atom is -0.310 e. The van der Waals surface area contributed by atoms with Crippen molar-refractivity contribution < 1.29 is 0 Å². The zero-order chi connectivity index (χ0) is 7.52. The van der Waals surface area contributed by atoms with Gasteiger partial charge in [0.2, 0.25) is 0 Å². The maximum absolute atomic E-state index is 3.45. The molecule has 0 aromatic heterocycles. The highest BCUT2D eigenvalue weighted by Gasteiger charge is 2.14. The van der Waals surface area contributed by atoms with Crippen LogP contribution < -0.4 is 5.32 Å². The molecule has 1 aromatic rings. The van der Waals surface area contributed by atoms with Crippen LogP contribution in [0.25, 0.3) is 0 Å². The second kappa shape index (κ2) is 3.05. The summed E-state index contributed by atoms with van der Waals surface area (Å²) in [5.41, 5.74) is 1.38. The second-order valence-electron chi connectivity index (χ2n) is 2.99. The molecule has 1 aromatic carbocycles. The Morgan fingerprint density at radius 1 is 1.55 bits per heavy atom. The molecule has 0 bridgehead atoms. The number of benzene rings is 1. The molecule has 1 saturated heterocycles. The Balaban J connectivity index is 2.16. The van der Waals surface area contributed by atoms with Gasteiger partial charge in [-0.05, 0) is 37.1 Å². The number of rotatable bonds is 1. The van der Waals surface area contributed by atoms with Crippen LogP contribution in [0.4, 0.5) is 0 Å². The van der Waals surface area contributed by atoms with Crippen molar-refractivity contribution in [1.82, 2.24) is 5.32 Å². The largest absolute Gasteiger partial charge is 0.310 e. The van der Waals surface area contributed by atoms with E-state index in [1.165, 1.54) is 24.9 Å². The van der Waals surface area contributed by atoms with Crippen molar-refractivity contribution in [2.75, 3.05) is 6.54 Å². The summed E-state index contributed by atoms with van der Waals surface area (Å²) in [7, 11) is 0. The van der Waals surface area contributed by atoms with E-state index in [4.69, 9.17) is 0 Å². The molecule has 0 amide bonds. The summed E-state index contributed by atoms with van der Waals surface area (Å²) in [5, 5.41) is 3.45. The lowest BCUT2D eigenvalue weighted by Gasteiger charge is -2.08. The summed E-state index contributed by atoms with van der Waals surface area (Å²) in [6.45, 7) is 1.17. The van der Waals surface area contributed by atoms with Crippen molar-refractivity contribution in [1.29, 1.82) is 0 Å². The smallest absolute Gasteiger partial charge is 0.0320 e. The van der Waals surface area contributed by atoms with E-state index in [1.54, 1.807) is 0 Å².